The number of halogens is 1. The molecular weight excluding hydrogens is 287 g/mol. The van der Waals surface area contributed by atoms with Crippen molar-refractivity contribution in [1.82, 2.24) is 10.3 Å². The highest BCUT2D eigenvalue weighted by atomic mass is 32.1. The lowest BCUT2D eigenvalue weighted by Crippen LogP contribution is -2.18. The van der Waals surface area contributed by atoms with Crippen LogP contribution in [0.15, 0.2) is 18.2 Å². The number of ether oxygens (including phenoxy) is 1. The number of aromatic nitrogens is 1. The predicted octanol–water partition coefficient (Wildman–Crippen LogP) is 4.15. The van der Waals surface area contributed by atoms with Crippen LogP contribution in [0.2, 0.25) is 0 Å². The van der Waals surface area contributed by atoms with Crippen LogP contribution in [0.4, 0.5) is 4.39 Å². The molecule has 1 unspecified atom stereocenters. The molecule has 2 rings (SSSR count). The van der Waals surface area contributed by atoms with Gasteiger partial charge in [-0.25, -0.2) is 9.37 Å². The van der Waals surface area contributed by atoms with Crippen molar-refractivity contribution in [3.63, 3.8) is 0 Å². The monoisotopic (exact) mass is 308 g/mol. The van der Waals surface area contributed by atoms with Gasteiger partial charge in [-0.1, -0.05) is 6.92 Å². The van der Waals surface area contributed by atoms with E-state index in [0.717, 1.165) is 22.8 Å². The van der Waals surface area contributed by atoms with Crippen LogP contribution in [0, 0.1) is 19.7 Å². The van der Waals surface area contributed by atoms with Crippen LogP contribution >= 0.6 is 11.3 Å². The Balaban J connectivity index is 2.15. The van der Waals surface area contributed by atoms with Crippen molar-refractivity contribution in [1.29, 1.82) is 0 Å². The van der Waals surface area contributed by atoms with Crippen molar-refractivity contribution in [2.24, 2.45) is 0 Å². The zero-order valence-electron chi connectivity index (χ0n) is 12.9. The van der Waals surface area contributed by atoms with Gasteiger partial charge in [0, 0.05) is 16.5 Å². The van der Waals surface area contributed by atoms with Crippen molar-refractivity contribution >= 4 is 11.3 Å². The summed E-state index contributed by atoms with van der Waals surface area (Å²) in [5.74, 6) is 0.457. The topological polar surface area (TPSA) is 34.1 Å². The Hall–Kier alpha value is -1.46. The molecule has 0 saturated heterocycles. The van der Waals surface area contributed by atoms with E-state index in [-0.39, 0.29) is 11.9 Å². The molecule has 114 valence electrons. The van der Waals surface area contributed by atoms with Gasteiger partial charge in [-0.3, -0.25) is 0 Å². The number of rotatable bonds is 6. The number of benzene rings is 1. The second kappa shape index (κ2) is 7.00. The quantitative estimate of drug-likeness (QED) is 0.870. The number of thiazole rings is 1. The molecule has 0 fully saturated rings. The van der Waals surface area contributed by atoms with E-state index in [0.29, 0.717) is 12.4 Å². The highest BCUT2D eigenvalue weighted by molar-refractivity contribution is 7.11. The fourth-order valence-electron chi connectivity index (χ4n) is 2.15. The minimum atomic E-state index is -0.247. The predicted molar refractivity (Wildman–Crippen MR) is 84.4 cm³/mol. The van der Waals surface area contributed by atoms with Crippen molar-refractivity contribution < 1.29 is 9.13 Å². The maximum Gasteiger partial charge on any atom is 0.140 e. The minimum Gasteiger partial charge on any atom is -0.486 e. The molecule has 0 spiro atoms. The van der Waals surface area contributed by atoms with E-state index >= 15 is 0 Å². The third-order valence-corrected chi connectivity index (χ3v) is 4.42. The fraction of sp³-hybridized carbons (Fsp3) is 0.438. The molecule has 0 aliphatic rings. The van der Waals surface area contributed by atoms with E-state index < -0.39 is 0 Å². The third-order valence-electron chi connectivity index (χ3n) is 3.37. The molecule has 1 aromatic heterocycles. The van der Waals surface area contributed by atoms with Crippen LogP contribution in [0.1, 0.15) is 41.0 Å². The van der Waals surface area contributed by atoms with Crippen molar-refractivity contribution in [2.45, 2.75) is 40.3 Å². The average Bonchev–Trinajstić information content (AvgIpc) is 2.76. The summed E-state index contributed by atoms with van der Waals surface area (Å²) >= 11 is 1.64. The van der Waals surface area contributed by atoms with Crippen LogP contribution < -0.4 is 10.1 Å². The second-order valence-electron chi connectivity index (χ2n) is 5.00. The average molecular weight is 308 g/mol. The molecule has 21 heavy (non-hydrogen) atoms. The van der Waals surface area contributed by atoms with Gasteiger partial charge in [-0.05, 0) is 45.5 Å². The first-order valence-corrected chi connectivity index (χ1v) is 7.91. The molecule has 1 heterocycles. The maximum atomic E-state index is 13.5. The van der Waals surface area contributed by atoms with Crippen molar-refractivity contribution in [3.8, 4) is 5.75 Å². The van der Waals surface area contributed by atoms with Crippen LogP contribution in [-0.2, 0) is 6.61 Å². The molecule has 0 saturated carbocycles. The lowest BCUT2D eigenvalue weighted by molar-refractivity contribution is 0.298. The Labute approximate surface area is 129 Å². The van der Waals surface area contributed by atoms with Gasteiger partial charge in [0.2, 0.25) is 0 Å². The molecule has 3 nitrogen and oxygen atoms in total. The van der Waals surface area contributed by atoms with Crippen LogP contribution in [0.3, 0.4) is 0 Å². The Morgan fingerprint density at radius 1 is 1.38 bits per heavy atom. The lowest BCUT2D eigenvalue weighted by atomic mass is 10.1. The Kier molecular flexibility index (Phi) is 5.31. The van der Waals surface area contributed by atoms with E-state index in [1.807, 2.05) is 27.7 Å². The first kappa shape index (κ1) is 15.9. The number of hydrogen-bond acceptors (Lipinski definition) is 4. The Morgan fingerprint density at radius 2 is 2.14 bits per heavy atom. The number of nitrogens with one attached hydrogen (secondary N) is 1. The number of aryl methyl sites for hydroxylation is 2. The van der Waals surface area contributed by atoms with Gasteiger partial charge in [-0.15, -0.1) is 11.3 Å². The third kappa shape index (κ3) is 4.02. The molecular formula is C16H21FN2OS. The molecule has 0 aliphatic heterocycles. The molecule has 2 aromatic rings. The highest BCUT2D eigenvalue weighted by Crippen LogP contribution is 2.27. The van der Waals surface area contributed by atoms with Crippen molar-refractivity contribution in [2.75, 3.05) is 6.54 Å². The highest BCUT2D eigenvalue weighted by Gasteiger charge is 2.13. The van der Waals surface area contributed by atoms with E-state index in [2.05, 4.69) is 10.3 Å². The van der Waals surface area contributed by atoms with E-state index in [9.17, 15) is 4.39 Å². The summed E-state index contributed by atoms with van der Waals surface area (Å²) in [4.78, 5) is 5.66. The van der Waals surface area contributed by atoms with Crippen LogP contribution in [0.25, 0.3) is 0 Å². The zero-order valence-corrected chi connectivity index (χ0v) is 13.7. The SMILES string of the molecule is CCNC(C)c1cc(F)ccc1OCc1nc(C)c(C)s1. The molecule has 0 bridgehead atoms. The molecule has 5 heteroatoms. The molecule has 0 amide bonds. The van der Waals surface area contributed by atoms with Gasteiger partial charge in [-0.2, -0.15) is 0 Å². The summed E-state index contributed by atoms with van der Waals surface area (Å²) in [7, 11) is 0. The summed E-state index contributed by atoms with van der Waals surface area (Å²) in [5.41, 5.74) is 1.88. The van der Waals surface area contributed by atoms with Gasteiger partial charge in [0.05, 0.1) is 5.69 Å². The second-order valence-corrected chi connectivity index (χ2v) is 6.29. The van der Waals surface area contributed by atoms with Gasteiger partial charge < -0.3 is 10.1 Å². The first-order chi connectivity index (χ1) is 10.0. The van der Waals surface area contributed by atoms with Crippen LogP contribution in [-0.4, -0.2) is 11.5 Å². The lowest BCUT2D eigenvalue weighted by Gasteiger charge is -2.17. The van der Waals surface area contributed by atoms with E-state index in [1.54, 1.807) is 17.4 Å². The summed E-state index contributed by atoms with van der Waals surface area (Å²) in [6.07, 6.45) is 0. The molecule has 0 radical (unpaired) electrons. The number of nitrogens with zero attached hydrogens (tertiary/aromatic N) is 1. The summed E-state index contributed by atoms with van der Waals surface area (Å²) in [6.45, 7) is 9.30. The molecule has 0 aliphatic carbocycles. The normalized spacial score (nSPS) is 12.4. The summed E-state index contributed by atoms with van der Waals surface area (Å²) in [5, 5.41) is 4.22. The van der Waals surface area contributed by atoms with Gasteiger partial charge >= 0.3 is 0 Å². The van der Waals surface area contributed by atoms with E-state index in [1.165, 1.54) is 17.0 Å². The van der Waals surface area contributed by atoms with Crippen LogP contribution in [0.5, 0.6) is 5.75 Å². The molecule has 1 atom stereocenters. The molecule has 1 N–H and O–H groups in total. The Morgan fingerprint density at radius 3 is 2.76 bits per heavy atom. The van der Waals surface area contributed by atoms with Crippen molar-refractivity contribution in [3.05, 3.63) is 45.2 Å². The van der Waals surface area contributed by atoms with Gasteiger partial charge in [0.1, 0.15) is 23.2 Å². The first-order valence-electron chi connectivity index (χ1n) is 7.09. The number of hydrogen-bond donors (Lipinski definition) is 1. The summed E-state index contributed by atoms with van der Waals surface area (Å²) < 4.78 is 19.3. The Bertz CT molecular complexity index is 593. The smallest absolute Gasteiger partial charge is 0.140 e. The van der Waals surface area contributed by atoms with E-state index in [4.69, 9.17) is 4.74 Å². The standard InChI is InChI=1S/C16H21FN2OS/c1-5-18-11(3)14-8-13(17)6-7-15(14)20-9-16-19-10(2)12(4)21-16/h6-8,11,18H,5,9H2,1-4H3. The van der Waals surface area contributed by atoms with Gasteiger partial charge in [0.25, 0.3) is 0 Å². The van der Waals surface area contributed by atoms with Gasteiger partial charge in [0.15, 0.2) is 0 Å². The molecule has 1 aromatic carbocycles. The minimum absolute atomic E-state index is 0.0421. The maximum absolute atomic E-state index is 13.5. The fourth-order valence-corrected chi connectivity index (χ4v) is 2.99. The largest absolute Gasteiger partial charge is 0.486 e. The zero-order chi connectivity index (χ0) is 15.4. The summed E-state index contributed by atoms with van der Waals surface area (Å²) in [6, 6.07) is 4.68.